The van der Waals surface area contributed by atoms with Gasteiger partial charge in [0.05, 0.1) is 5.54 Å². The lowest BCUT2D eigenvalue weighted by atomic mass is 9.83. The quantitative estimate of drug-likeness (QED) is 0.793. The second kappa shape index (κ2) is 5.38. The van der Waals surface area contributed by atoms with Crippen molar-refractivity contribution in [2.75, 3.05) is 0 Å². The number of carbonyl (C=O) groups is 1. The lowest BCUT2D eigenvalue weighted by Gasteiger charge is -2.32. The molecule has 0 heterocycles. The molecule has 98 valence electrons. The summed E-state index contributed by atoms with van der Waals surface area (Å²) < 4.78 is 0. The van der Waals surface area contributed by atoms with Gasteiger partial charge in [-0.1, -0.05) is 39.0 Å². The SMILES string of the molecule is CCC1CCCC(NC(=O)C2(N)CCCC2)C1. The molecular weight excluding hydrogens is 212 g/mol. The molecule has 0 aliphatic heterocycles. The molecule has 0 radical (unpaired) electrons. The van der Waals surface area contributed by atoms with Crippen molar-refractivity contribution in [1.29, 1.82) is 0 Å². The van der Waals surface area contributed by atoms with Gasteiger partial charge in [0.1, 0.15) is 0 Å². The molecule has 2 rings (SSSR count). The monoisotopic (exact) mass is 238 g/mol. The van der Waals surface area contributed by atoms with Gasteiger partial charge in [0.15, 0.2) is 0 Å². The van der Waals surface area contributed by atoms with Crippen LogP contribution in [0.4, 0.5) is 0 Å². The van der Waals surface area contributed by atoms with E-state index in [-0.39, 0.29) is 5.91 Å². The van der Waals surface area contributed by atoms with E-state index in [0.29, 0.717) is 6.04 Å². The number of hydrogen-bond donors (Lipinski definition) is 2. The van der Waals surface area contributed by atoms with E-state index in [9.17, 15) is 4.79 Å². The van der Waals surface area contributed by atoms with Crippen LogP contribution in [-0.4, -0.2) is 17.5 Å². The molecule has 0 aromatic carbocycles. The normalized spacial score (nSPS) is 32.4. The summed E-state index contributed by atoms with van der Waals surface area (Å²) in [5.41, 5.74) is 5.62. The van der Waals surface area contributed by atoms with Crippen molar-refractivity contribution in [2.24, 2.45) is 11.7 Å². The predicted octanol–water partition coefficient (Wildman–Crippen LogP) is 2.34. The van der Waals surface area contributed by atoms with Gasteiger partial charge in [-0.3, -0.25) is 4.79 Å². The number of rotatable bonds is 3. The first-order chi connectivity index (χ1) is 8.14. The number of carbonyl (C=O) groups excluding carboxylic acids is 1. The van der Waals surface area contributed by atoms with Crippen LogP contribution in [0.25, 0.3) is 0 Å². The summed E-state index contributed by atoms with van der Waals surface area (Å²) in [5.74, 6) is 0.906. The van der Waals surface area contributed by atoms with Gasteiger partial charge in [-0.2, -0.15) is 0 Å². The molecule has 1 amide bonds. The number of hydrogen-bond acceptors (Lipinski definition) is 2. The molecule has 0 saturated heterocycles. The maximum absolute atomic E-state index is 12.2. The van der Waals surface area contributed by atoms with E-state index in [2.05, 4.69) is 12.2 Å². The van der Waals surface area contributed by atoms with Crippen molar-refractivity contribution in [1.82, 2.24) is 5.32 Å². The highest BCUT2D eigenvalue weighted by Crippen LogP contribution is 2.30. The molecule has 0 aromatic rings. The van der Waals surface area contributed by atoms with Crippen molar-refractivity contribution in [3.8, 4) is 0 Å². The van der Waals surface area contributed by atoms with Gasteiger partial charge in [0.25, 0.3) is 0 Å². The van der Waals surface area contributed by atoms with Gasteiger partial charge in [0, 0.05) is 6.04 Å². The molecule has 2 unspecified atom stereocenters. The molecule has 3 heteroatoms. The summed E-state index contributed by atoms with van der Waals surface area (Å²) in [6.07, 6.45) is 10.0. The Morgan fingerprint density at radius 3 is 2.65 bits per heavy atom. The van der Waals surface area contributed by atoms with Crippen LogP contribution in [0.2, 0.25) is 0 Å². The predicted molar refractivity (Wildman–Crippen MR) is 69.6 cm³/mol. The van der Waals surface area contributed by atoms with Crippen LogP contribution >= 0.6 is 0 Å². The molecule has 0 bridgehead atoms. The summed E-state index contributed by atoms with van der Waals surface area (Å²) >= 11 is 0. The lowest BCUT2D eigenvalue weighted by Crippen LogP contribution is -2.55. The van der Waals surface area contributed by atoms with Crippen LogP contribution in [-0.2, 0) is 4.79 Å². The number of nitrogens with two attached hydrogens (primary N) is 1. The minimum atomic E-state index is -0.556. The summed E-state index contributed by atoms with van der Waals surface area (Å²) in [6.45, 7) is 2.25. The highest BCUT2D eigenvalue weighted by atomic mass is 16.2. The molecule has 2 fully saturated rings. The van der Waals surface area contributed by atoms with Gasteiger partial charge >= 0.3 is 0 Å². The third-order valence-corrected chi connectivity index (χ3v) is 4.64. The van der Waals surface area contributed by atoms with Crippen molar-refractivity contribution < 1.29 is 4.79 Å². The van der Waals surface area contributed by atoms with Crippen LogP contribution in [0.3, 0.4) is 0 Å². The fourth-order valence-electron chi connectivity index (χ4n) is 3.35. The zero-order chi connectivity index (χ0) is 12.3. The first-order valence-electron chi connectivity index (χ1n) is 7.24. The molecule has 2 atom stereocenters. The molecule has 17 heavy (non-hydrogen) atoms. The van der Waals surface area contributed by atoms with E-state index >= 15 is 0 Å². The van der Waals surface area contributed by atoms with Crippen LogP contribution in [0, 0.1) is 5.92 Å². The smallest absolute Gasteiger partial charge is 0.240 e. The van der Waals surface area contributed by atoms with E-state index in [1.807, 2.05) is 0 Å². The topological polar surface area (TPSA) is 55.1 Å². The highest BCUT2D eigenvalue weighted by Gasteiger charge is 2.38. The molecule has 2 aliphatic carbocycles. The Morgan fingerprint density at radius 2 is 2.00 bits per heavy atom. The Balaban J connectivity index is 1.85. The molecule has 0 spiro atoms. The van der Waals surface area contributed by atoms with E-state index in [0.717, 1.165) is 44.4 Å². The number of nitrogens with one attached hydrogen (secondary N) is 1. The fraction of sp³-hybridized carbons (Fsp3) is 0.929. The van der Waals surface area contributed by atoms with Crippen LogP contribution in [0.5, 0.6) is 0 Å². The third kappa shape index (κ3) is 3.01. The van der Waals surface area contributed by atoms with E-state index in [1.165, 1.54) is 19.3 Å². The fourth-order valence-corrected chi connectivity index (χ4v) is 3.35. The van der Waals surface area contributed by atoms with Gasteiger partial charge < -0.3 is 11.1 Å². The largest absolute Gasteiger partial charge is 0.352 e. The van der Waals surface area contributed by atoms with Gasteiger partial charge in [-0.05, 0) is 31.6 Å². The van der Waals surface area contributed by atoms with E-state index in [1.54, 1.807) is 0 Å². The van der Waals surface area contributed by atoms with E-state index < -0.39 is 5.54 Å². The Morgan fingerprint density at radius 1 is 1.29 bits per heavy atom. The van der Waals surface area contributed by atoms with Crippen LogP contribution in [0.1, 0.15) is 64.7 Å². The van der Waals surface area contributed by atoms with Crippen LogP contribution < -0.4 is 11.1 Å². The summed E-state index contributed by atoms with van der Waals surface area (Å²) in [6, 6.07) is 0.377. The molecule has 3 nitrogen and oxygen atoms in total. The van der Waals surface area contributed by atoms with Crippen LogP contribution in [0.15, 0.2) is 0 Å². The first kappa shape index (κ1) is 12.9. The molecular formula is C14H26N2O. The maximum atomic E-state index is 12.2. The summed E-state index contributed by atoms with van der Waals surface area (Å²) in [5, 5.41) is 3.20. The molecule has 3 N–H and O–H groups in total. The first-order valence-corrected chi connectivity index (χ1v) is 7.24. The zero-order valence-corrected chi connectivity index (χ0v) is 11.0. The van der Waals surface area contributed by atoms with Crippen molar-refractivity contribution in [2.45, 2.75) is 76.3 Å². The Hall–Kier alpha value is -0.570. The van der Waals surface area contributed by atoms with Crippen molar-refractivity contribution in [3.05, 3.63) is 0 Å². The third-order valence-electron chi connectivity index (χ3n) is 4.64. The summed E-state index contributed by atoms with van der Waals surface area (Å²) in [7, 11) is 0. The average molecular weight is 238 g/mol. The molecule has 0 aromatic heterocycles. The Kier molecular flexibility index (Phi) is 4.08. The second-order valence-electron chi connectivity index (χ2n) is 5.97. The maximum Gasteiger partial charge on any atom is 0.240 e. The standard InChI is InChI=1S/C14H26N2O/c1-2-11-6-5-7-12(10-11)16-13(17)14(15)8-3-4-9-14/h11-12H,2-10,15H2,1H3,(H,16,17). The zero-order valence-electron chi connectivity index (χ0n) is 11.0. The number of amides is 1. The lowest BCUT2D eigenvalue weighted by molar-refractivity contribution is -0.127. The van der Waals surface area contributed by atoms with E-state index in [4.69, 9.17) is 5.73 Å². The van der Waals surface area contributed by atoms with Crippen molar-refractivity contribution >= 4 is 5.91 Å². The molecule has 2 saturated carbocycles. The average Bonchev–Trinajstić information content (AvgIpc) is 2.78. The Bertz CT molecular complexity index is 271. The highest BCUT2D eigenvalue weighted by molar-refractivity contribution is 5.86. The van der Waals surface area contributed by atoms with Gasteiger partial charge in [0.2, 0.25) is 5.91 Å². The van der Waals surface area contributed by atoms with Crippen molar-refractivity contribution in [3.63, 3.8) is 0 Å². The summed E-state index contributed by atoms with van der Waals surface area (Å²) in [4.78, 5) is 12.2. The Labute approximate surface area is 105 Å². The molecule has 2 aliphatic rings. The van der Waals surface area contributed by atoms with Gasteiger partial charge in [-0.15, -0.1) is 0 Å². The minimum absolute atomic E-state index is 0.108. The van der Waals surface area contributed by atoms with Gasteiger partial charge in [-0.25, -0.2) is 0 Å². The second-order valence-corrected chi connectivity index (χ2v) is 5.97. The minimum Gasteiger partial charge on any atom is -0.352 e.